The maximum absolute atomic E-state index is 12.4. The molecule has 0 aliphatic heterocycles. The standard InChI is InChI=1S/C11H14F3NO2S/c1-7-3-4-18-10(7)8(2)15(5-9(16)17)6-11(12,13)14/h3-4,8H,5-6H2,1-2H3,(H,16,17). The molecule has 102 valence electrons. The van der Waals surface area contributed by atoms with Crippen molar-refractivity contribution in [2.24, 2.45) is 0 Å². The van der Waals surface area contributed by atoms with E-state index in [0.717, 1.165) is 15.3 Å². The molecule has 0 amide bonds. The topological polar surface area (TPSA) is 40.5 Å². The van der Waals surface area contributed by atoms with Crippen molar-refractivity contribution < 1.29 is 23.1 Å². The van der Waals surface area contributed by atoms with E-state index in [4.69, 9.17) is 5.11 Å². The van der Waals surface area contributed by atoms with Gasteiger partial charge >= 0.3 is 12.1 Å². The second kappa shape index (κ2) is 5.71. The Morgan fingerprint density at radius 2 is 2.17 bits per heavy atom. The zero-order valence-electron chi connectivity index (χ0n) is 9.99. The van der Waals surface area contributed by atoms with Crippen LogP contribution in [0.15, 0.2) is 11.4 Å². The molecule has 1 atom stereocenters. The average molecular weight is 281 g/mol. The Morgan fingerprint density at radius 3 is 2.56 bits per heavy atom. The zero-order valence-corrected chi connectivity index (χ0v) is 10.8. The van der Waals surface area contributed by atoms with Gasteiger partial charge in [-0.3, -0.25) is 9.69 Å². The second-order valence-corrected chi connectivity index (χ2v) is 5.01. The minimum Gasteiger partial charge on any atom is -0.480 e. The van der Waals surface area contributed by atoms with Crippen LogP contribution in [0.5, 0.6) is 0 Å². The fraction of sp³-hybridized carbons (Fsp3) is 0.545. The third-order valence-corrected chi connectivity index (χ3v) is 3.74. The summed E-state index contributed by atoms with van der Waals surface area (Å²) in [6, 6.07) is 1.24. The van der Waals surface area contributed by atoms with Crippen molar-refractivity contribution in [3.05, 3.63) is 21.9 Å². The number of rotatable bonds is 5. The Balaban J connectivity index is 2.89. The molecule has 0 aliphatic carbocycles. The van der Waals surface area contributed by atoms with Crippen LogP contribution in [-0.4, -0.2) is 35.2 Å². The van der Waals surface area contributed by atoms with Crippen LogP contribution in [0.1, 0.15) is 23.4 Å². The third kappa shape index (κ3) is 4.30. The Bertz CT molecular complexity index is 417. The first-order valence-electron chi connectivity index (χ1n) is 5.27. The minimum absolute atomic E-state index is 0.567. The van der Waals surface area contributed by atoms with E-state index in [2.05, 4.69) is 0 Å². The van der Waals surface area contributed by atoms with Crippen molar-refractivity contribution in [2.45, 2.75) is 26.1 Å². The molecule has 1 aromatic heterocycles. The number of halogens is 3. The lowest BCUT2D eigenvalue weighted by molar-refractivity contribution is -0.157. The van der Waals surface area contributed by atoms with Gasteiger partial charge in [0.1, 0.15) is 0 Å². The van der Waals surface area contributed by atoms with Crippen molar-refractivity contribution >= 4 is 17.3 Å². The summed E-state index contributed by atoms with van der Waals surface area (Å²) < 4.78 is 37.3. The number of aryl methyl sites for hydroxylation is 1. The highest BCUT2D eigenvalue weighted by Crippen LogP contribution is 2.30. The summed E-state index contributed by atoms with van der Waals surface area (Å²) in [7, 11) is 0. The molecule has 0 saturated heterocycles. The van der Waals surface area contributed by atoms with Crippen LogP contribution in [0.2, 0.25) is 0 Å². The molecular weight excluding hydrogens is 267 g/mol. The summed E-state index contributed by atoms with van der Waals surface area (Å²) in [5.41, 5.74) is 0.880. The van der Waals surface area contributed by atoms with Gasteiger partial charge in [0.15, 0.2) is 0 Å². The first-order valence-corrected chi connectivity index (χ1v) is 6.15. The summed E-state index contributed by atoms with van der Waals surface area (Å²) in [6.45, 7) is 1.54. The number of carboxylic acids is 1. The summed E-state index contributed by atoms with van der Waals surface area (Å²) >= 11 is 1.34. The van der Waals surface area contributed by atoms with Crippen molar-refractivity contribution in [1.29, 1.82) is 0 Å². The number of hydrogen-bond acceptors (Lipinski definition) is 3. The van der Waals surface area contributed by atoms with E-state index in [1.54, 1.807) is 19.2 Å². The molecule has 0 bridgehead atoms. The molecule has 18 heavy (non-hydrogen) atoms. The maximum Gasteiger partial charge on any atom is 0.401 e. The highest BCUT2D eigenvalue weighted by atomic mass is 32.1. The maximum atomic E-state index is 12.4. The summed E-state index contributed by atoms with van der Waals surface area (Å²) in [6.07, 6.45) is -4.41. The molecular formula is C11H14F3NO2S. The van der Waals surface area contributed by atoms with Crippen LogP contribution in [-0.2, 0) is 4.79 Å². The van der Waals surface area contributed by atoms with Crippen LogP contribution < -0.4 is 0 Å². The molecule has 1 aromatic rings. The molecule has 7 heteroatoms. The van der Waals surface area contributed by atoms with Crippen molar-refractivity contribution in [3.8, 4) is 0 Å². The zero-order chi connectivity index (χ0) is 13.9. The predicted molar refractivity (Wildman–Crippen MR) is 62.7 cm³/mol. The van der Waals surface area contributed by atoms with E-state index in [0.29, 0.717) is 0 Å². The number of thiophene rings is 1. The molecule has 0 radical (unpaired) electrons. The van der Waals surface area contributed by atoms with Crippen LogP contribution in [0.25, 0.3) is 0 Å². The number of hydrogen-bond donors (Lipinski definition) is 1. The average Bonchev–Trinajstić information content (AvgIpc) is 2.59. The Labute approximate surface area is 107 Å². The molecule has 1 heterocycles. The largest absolute Gasteiger partial charge is 0.480 e. The van der Waals surface area contributed by atoms with Gasteiger partial charge in [-0.1, -0.05) is 0 Å². The summed E-state index contributed by atoms with van der Waals surface area (Å²) in [5.74, 6) is -1.26. The Kier molecular flexibility index (Phi) is 4.75. The fourth-order valence-electron chi connectivity index (χ4n) is 1.71. The molecule has 0 aromatic carbocycles. The number of carboxylic acid groups (broad SMARTS) is 1. The van der Waals surface area contributed by atoms with Crippen LogP contribution in [0.3, 0.4) is 0 Å². The summed E-state index contributed by atoms with van der Waals surface area (Å²) in [5, 5.41) is 10.5. The van der Waals surface area contributed by atoms with Gasteiger partial charge in [0.2, 0.25) is 0 Å². The molecule has 3 nitrogen and oxygen atoms in total. The number of carbonyl (C=O) groups is 1. The lowest BCUT2D eigenvalue weighted by atomic mass is 10.1. The highest BCUT2D eigenvalue weighted by molar-refractivity contribution is 7.10. The number of aliphatic carboxylic acids is 1. The molecule has 0 aliphatic rings. The minimum atomic E-state index is -4.41. The summed E-state index contributed by atoms with van der Waals surface area (Å²) in [4.78, 5) is 12.3. The van der Waals surface area contributed by atoms with Gasteiger partial charge in [0.25, 0.3) is 0 Å². The lowest BCUT2D eigenvalue weighted by Gasteiger charge is -2.28. The molecule has 1 N–H and O–H groups in total. The molecule has 1 unspecified atom stereocenters. The molecule has 1 rings (SSSR count). The van der Waals surface area contributed by atoms with Gasteiger partial charge in [-0.15, -0.1) is 11.3 Å². The van der Waals surface area contributed by atoms with Gasteiger partial charge in [0, 0.05) is 10.9 Å². The van der Waals surface area contributed by atoms with Gasteiger partial charge < -0.3 is 5.11 Å². The lowest BCUT2D eigenvalue weighted by Crippen LogP contribution is -2.39. The van der Waals surface area contributed by atoms with Gasteiger partial charge in [0.05, 0.1) is 13.1 Å². The van der Waals surface area contributed by atoms with E-state index in [1.165, 1.54) is 11.3 Å². The van der Waals surface area contributed by atoms with Crippen LogP contribution in [0.4, 0.5) is 13.2 Å². The van der Waals surface area contributed by atoms with Gasteiger partial charge in [-0.2, -0.15) is 13.2 Å². The highest BCUT2D eigenvalue weighted by Gasteiger charge is 2.34. The van der Waals surface area contributed by atoms with E-state index >= 15 is 0 Å². The SMILES string of the molecule is Cc1ccsc1C(C)N(CC(=O)O)CC(F)(F)F. The van der Waals surface area contributed by atoms with E-state index < -0.39 is 31.3 Å². The predicted octanol–water partition coefficient (Wildman–Crippen LogP) is 3.07. The molecule has 0 fully saturated rings. The quantitative estimate of drug-likeness (QED) is 0.901. The molecule has 0 saturated carbocycles. The second-order valence-electron chi connectivity index (χ2n) is 4.06. The first kappa shape index (κ1) is 15.0. The van der Waals surface area contributed by atoms with Crippen LogP contribution >= 0.6 is 11.3 Å². The number of alkyl halides is 3. The van der Waals surface area contributed by atoms with Crippen LogP contribution in [0, 0.1) is 6.92 Å². The monoisotopic (exact) mass is 281 g/mol. The van der Waals surface area contributed by atoms with Crippen molar-refractivity contribution in [1.82, 2.24) is 4.90 Å². The van der Waals surface area contributed by atoms with Crippen molar-refractivity contribution in [3.63, 3.8) is 0 Å². The Hall–Kier alpha value is -1.08. The normalized spacial score (nSPS) is 13.9. The van der Waals surface area contributed by atoms with Crippen molar-refractivity contribution in [2.75, 3.05) is 13.1 Å². The van der Waals surface area contributed by atoms with Gasteiger partial charge in [-0.05, 0) is 30.9 Å². The van der Waals surface area contributed by atoms with Gasteiger partial charge in [-0.25, -0.2) is 0 Å². The Morgan fingerprint density at radius 1 is 1.56 bits per heavy atom. The van der Waals surface area contributed by atoms with E-state index in [-0.39, 0.29) is 0 Å². The van der Waals surface area contributed by atoms with E-state index in [1.807, 2.05) is 6.07 Å². The first-order chi connectivity index (χ1) is 8.20. The smallest absolute Gasteiger partial charge is 0.401 e. The van der Waals surface area contributed by atoms with E-state index in [9.17, 15) is 18.0 Å². The fourth-order valence-corrected chi connectivity index (χ4v) is 2.73. The third-order valence-electron chi connectivity index (χ3n) is 2.55. The number of nitrogens with zero attached hydrogens (tertiary/aromatic N) is 1. The molecule has 0 spiro atoms.